The van der Waals surface area contributed by atoms with Crippen LogP contribution in [-0.4, -0.2) is 5.11 Å². The van der Waals surface area contributed by atoms with E-state index in [2.05, 4.69) is 9.98 Å². The minimum Gasteiger partial charge on any atom is -0.505 e. The fraction of sp³-hybridized carbons (Fsp3) is 0. The van der Waals surface area contributed by atoms with Crippen molar-refractivity contribution in [3.63, 3.8) is 0 Å². The third kappa shape index (κ3) is 1.80. The summed E-state index contributed by atoms with van der Waals surface area (Å²) in [6.07, 6.45) is 0. The van der Waals surface area contributed by atoms with Gasteiger partial charge >= 0.3 is 0 Å². The zero-order chi connectivity index (χ0) is 16.8. The Labute approximate surface area is 141 Å². The van der Waals surface area contributed by atoms with Gasteiger partial charge in [-0.15, -0.1) is 0 Å². The quantitative estimate of drug-likeness (QED) is 0.536. The first-order valence-corrected chi connectivity index (χ1v) is 7.37. The Hall–Kier alpha value is -3.41. The van der Waals surface area contributed by atoms with Crippen molar-refractivity contribution in [1.82, 2.24) is 0 Å². The molecule has 0 radical (unpaired) electrons. The maximum absolute atomic E-state index is 10.2. The van der Waals surface area contributed by atoms with Crippen molar-refractivity contribution in [2.45, 2.75) is 0 Å². The van der Waals surface area contributed by atoms with Gasteiger partial charge in [-0.3, -0.25) is 0 Å². The highest BCUT2D eigenvalue weighted by Gasteiger charge is 2.20. The molecule has 1 N–H and O–H groups in total. The van der Waals surface area contributed by atoms with E-state index in [1.807, 2.05) is 48.5 Å². The van der Waals surface area contributed by atoms with Gasteiger partial charge in [-0.05, 0) is 17.5 Å². The van der Waals surface area contributed by atoms with E-state index in [9.17, 15) is 15.6 Å². The van der Waals surface area contributed by atoms with Gasteiger partial charge in [0, 0.05) is 5.39 Å². The van der Waals surface area contributed by atoms with Crippen LogP contribution >= 0.6 is 11.6 Å². The summed E-state index contributed by atoms with van der Waals surface area (Å²) in [5.74, 6) is -0.452. The van der Waals surface area contributed by atoms with E-state index in [4.69, 9.17) is 11.6 Å². The number of nitrogens with zero attached hydrogens (tertiary/aromatic N) is 4. The average Bonchev–Trinajstić information content (AvgIpc) is 2.77. The number of benzene rings is 3. The third-order valence-corrected chi connectivity index (χ3v) is 4.27. The number of nitriles is 2. The molecule has 1 aliphatic rings. The average molecular weight is 331 g/mol. The Morgan fingerprint density at radius 3 is 2.04 bits per heavy atom. The predicted octanol–water partition coefficient (Wildman–Crippen LogP) is 3.16. The van der Waals surface area contributed by atoms with Gasteiger partial charge in [-0.2, -0.15) is 10.5 Å². The Morgan fingerprint density at radius 1 is 0.875 bits per heavy atom. The Kier molecular flexibility index (Phi) is 2.99. The van der Waals surface area contributed by atoms with Crippen LogP contribution in [0.15, 0.2) is 46.4 Å². The van der Waals surface area contributed by atoms with Crippen molar-refractivity contribution in [3.05, 3.63) is 63.3 Å². The maximum atomic E-state index is 10.2. The molecule has 0 aliphatic carbocycles. The molecule has 0 saturated heterocycles. The Morgan fingerprint density at radius 2 is 1.46 bits per heavy atom. The van der Waals surface area contributed by atoms with Crippen LogP contribution in [0, 0.1) is 22.7 Å². The van der Waals surface area contributed by atoms with Gasteiger partial charge in [0.05, 0.1) is 11.4 Å². The highest BCUT2D eigenvalue weighted by molar-refractivity contribution is 6.32. The first kappa shape index (κ1) is 14.2. The van der Waals surface area contributed by atoms with Crippen molar-refractivity contribution in [2.24, 2.45) is 9.98 Å². The lowest BCUT2D eigenvalue weighted by atomic mass is 10.1. The van der Waals surface area contributed by atoms with E-state index in [1.165, 1.54) is 0 Å². The number of hydrogen-bond donors (Lipinski definition) is 1. The maximum Gasteiger partial charge on any atom is 0.155 e. The molecule has 0 bridgehead atoms. The molecule has 0 aromatic heterocycles. The summed E-state index contributed by atoms with van der Waals surface area (Å²) in [5.41, 5.74) is 1.04. The van der Waals surface area contributed by atoms with Gasteiger partial charge in [0.15, 0.2) is 5.75 Å². The molecule has 0 amide bonds. The van der Waals surface area contributed by atoms with Gasteiger partial charge in [0.1, 0.15) is 39.0 Å². The van der Waals surface area contributed by atoms with Gasteiger partial charge < -0.3 is 5.11 Å². The zero-order valence-corrected chi connectivity index (χ0v) is 12.8. The number of hydrogen-bond acceptors (Lipinski definition) is 5. The van der Waals surface area contributed by atoms with Crippen LogP contribution in [0.25, 0.3) is 10.8 Å². The van der Waals surface area contributed by atoms with Crippen LogP contribution in [0.2, 0.25) is 5.02 Å². The highest BCUT2D eigenvalue weighted by atomic mass is 35.5. The van der Waals surface area contributed by atoms with Gasteiger partial charge in [-0.1, -0.05) is 35.9 Å². The fourth-order valence-corrected chi connectivity index (χ4v) is 3.06. The summed E-state index contributed by atoms with van der Waals surface area (Å²) >= 11 is 6.21. The number of phenolic OH excluding ortho intramolecular Hbond substituents is 1. The van der Waals surface area contributed by atoms with Crippen molar-refractivity contribution in [3.8, 4) is 17.9 Å². The normalized spacial score (nSPS) is 11.5. The molecule has 0 atom stereocenters. The number of fused-ring (bicyclic) bond motifs is 1. The molecule has 0 unspecified atom stereocenters. The molecule has 6 heteroatoms. The van der Waals surface area contributed by atoms with Crippen LogP contribution in [0.1, 0.15) is 11.1 Å². The van der Waals surface area contributed by atoms with Crippen LogP contribution in [0.3, 0.4) is 0 Å². The lowest BCUT2D eigenvalue weighted by Gasteiger charge is -2.03. The molecule has 3 aromatic carbocycles. The van der Waals surface area contributed by atoms with E-state index >= 15 is 0 Å². The predicted molar refractivity (Wildman–Crippen MR) is 88.1 cm³/mol. The largest absolute Gasteiger partial charge is 0.505 e. The lowest BCUT2D eigenvalue weighted by Crippen LogP contribution is -2.30. The van der Waals surface area contributed by atoms with Crippen LogP contribution < -0.4 is 10.7 Å². The Balaban J connectivity index is 2.34. The SMILES string of the molecule is N#Cc1c(O)c(Cl)c2c(c1C#N)=Nc1cccc3cccc(c13)N=2. The smallest absolute Gasteiger partial charge is 0.155 e. The molecule has 4 rings (SSSR count). The van der Waals surface area contributed by atoms with Crippen LogP contribution in [-0.2, 0) is 0 Å². The third-order valence-electron chi connectivity index (χ3n) is 3.91. The van der Waals surface area contributed by atoms with Crippen molar-refractivity contribution in [2.75, 3.05) is 0 Å². The second kappa shape index (κ2) is 5.06. The molecule has 0 fully saturated rings. The van der Waals surface area contributed by atoms with Crippen molar-refractivity contribution < 1.29 is 5.11 Å². The second-order valence-electron chi connectivity index (χ2n) is 5.21. The summed E-state index contributed by atoms with van der Waals surface area (Å²) in [7, 11) is 0. The zero-order valence-electron chi connectivity index (χ0n) is 12.1. The molecule has 3 aromatic rings. The lowest BCUT2D eigenvalue weighted by molar-refractivity contribution is 0.472. The molecular formula is C18H7ClN4O. The molecule has 1 heterocycles. The van der Waals surface area contributed by atoms with E-state index in [1.54, 1.807) is 0 Å². The summed E-state index contributed by atoms with van der Waals surface area (Å²) in [6, 6.07) is 15.0. The van der Waals surface area contributed by atoms with Crippen molar-refractivity contribution >= 4 is 33.7 Å². The van der Waals surface area contributed by atoms with Crippen LogP contribution in [0.4, 0.5) is 11.4 Å². The first-order valence-electron chi connectivity index (χ1n) is 6.99. The minimum atomic E-state index is -0.452. The first-order chi connectivity index (χ1) is 11.7. The van der Waals surface area contributed by atoms with E-state index in [0.29, 0.717) is 11.4 Å². The molecule has 1 aliphatic heterocycles. The molecule has 5 nitrogen and oxygen atoms in total. The topological polar surface area (TPSA) is 92.5 Å². The standard InChI is InChI=1S/C18H7ClN4O/c19-15-17-16(10(7-20)11(8-21)18(15)24)22-12-5-1-3-9-4-2-6-13(23-17)14(9)12/h1-6,24H. The molecular weight excluding hydrogens is 324 g/mol. The Bertz CT molecular complexity index is 1240. The molecule has 0 saturated carbocycles. The molecule has 0 spiro atoms. The van der Waals surface area contributed by atoms with E-state index in [0.717, 1.165) is 10.8 Å². The monoisotopic (exact) mass is 330 g/mol. The van der Waals surface area contributed by atoms with Gasteiger partial charge in [0.2, 0.25) is 0 Å². The fourth-order valence-electron chi connectivity index (χ4n) is 2.84. The van der Waals surface area contributed by atoms with Crippen LogP contribution in [0.5, 0.6) is 5.75 Å². The number of halogens is 1. The summed E-state index contributed by atoms with van der Waals surface area (Å²) < 4.78 is 0. The minimum absolute atomic E-state index is 0.0389. The van der Waals surface area contributed by atoms with Crippen molar-refractivity contribution in [1.29, 1.82) is 10.5 Å². The van der Waals surface area contributed by atoms with Gasteiger partial charge in [-0.25, -0.2) is 9.98 Å². The number of phenols is 1. The number of rotatable bonds is 0. The second-order valence-corrected chi connectivity index (χ2v) is 5.59. The highest BCUT2D eigenvalue weighted by Crippen LogP contribution is 2.35. The summed E-state index contributed by atoms with van der Waals surface area (Å²) in [4.78, 5) is 9.06. The van der Waals surface area contributed by atoms with E-state index in [-0.39, 0.29) is 26.9 Å². The molecule has 24 heavy (non-hydrogen) atoms. The summed E-state index contributed by atoms with van der Waals surface area (Å²) in [6.45, 7) is 0. The van der Waals surface area contributed by atoms with E-state index < -0.39 is 5.75 Å². The summed E-state index contributed by atoms with van der Waals surface area (Å²) in [5, 5.41) is 31.0. The molecule has 112 valence electrons. The number of aromatic hydroxyl groups is 1. The van der Waals surface area contributed by atoms with Gasteiger partial charge in [0.25, 0.3) is 0 Å².